The fourth-order valence-corrected chi connectivity index (χ4v) is 4.57. The molecule has 0 saturated carbocycles. The summed E-state index contributed by atoms with van der Waals surface area (Å²) in [5.41, 5.74) is 10.2. The minimum Gasteiger partial charge on any atom is -0.368 e. The molecule has 162 valence electrons. The largest absolute Gasteiger partial charge is 0.368 e. The number of anilines is 1. The predicted molar refractivity (Wildman–Crippen MR) is 122 cm³/mol. The number of hydrogen-bond donors (Lipinski definition) is 2. The van der Waals surface area contributed by atoms with Crippen LogP contribution in [0.4, 0.5) is 10.3 Å². The first-order valence-corrected chi connectivity index (χ1v) is 10.8. The number of amides is 1. The highest BCUT2D eigenvalue weighted by Crippen LogP contribution is 2.36. The van der Waals surface area contributed by atoms with Crippen LogP contribution >= 0.6 is 0 Å². The lowest BCUT2D eigenvalue weighted by Crippen LogP contribution is -2.40. The molecule has 2 aromatic heterocycles. The van der Waals surface area contributed by atoms with E-state index < -0.39 is 0 Å². The third-order valence-corrected chi connectivity index (χ3v) is 6.15. The number of piperidine rings is 1. The number of halogens is 1. The molecule has 3 N–H and O–H groups in total. The molecule has 6 nitrogen and oxygen atoms in total. The fourth-order valence-electron chi connectivity index (χ4n) is 4.57. The highest BCUT2D eigenvalue weighted by atomic mass is 19.1. The first-order chi connectivity index (χ1) is 15.6. The van der Waals surface area contributed by atoms with Crippen LogP contribution in [0, 0.1) is 5.82 Å². The summed E-state index contributed by atoms with van der Waals surface area (Å²) < 4.78 is 13.5. The molecule has 3 heterocycles. The molecule has 2 aromatic carbocycles. The number of nitrogen functional groups attached to an aromatic ring is 1. The van der Waals surface area contributed by atoms with Crippen LogP contribution in [0.15, 0.2) is 60.9 Å². The van der Waals surface area contributed by atoms with Gasteiger partial charge < -0.3 is 15.6 Å². The molecule has 7 heteroatoms. The molecule has 0 radical (unpaired) electrons. The van der Waals surface area contributed by atoms with Gasteiger partial charge in [0.15, 0.2) is 0 Å². The Morgan fingerprint density at radius 1 is 1.16 bits per heavy atom. The van der Waals surface area contributed by atoms with Gasteiger partial charge in [-0.15, -0.1) is 0 Å². The number of para-hydroxylation sites is 1. The molecule has 1 amide bonds. The fraction of sp³-hybridized carbons (Fsp3) is 0.240. The van der Waals surface area contributed by atoms with Gasteiger partial charge in [0.25, 0.3) is 0 Å². The van der Waals surface area contributed by atoms with Crippen molar-refractivity contribution in [2.75, 3.05) is 12.3 Å². The van der Waals surface area contributed by atoms with Crippen molar-refractivity contribution in [3.05, 3.63) is 78.0 Å². The van der Waals surface area contributed by atoms with E-state index in [1.165, 1.54) is 12.1 Å². The second-order valence-electron chi connectivity index (χ2n) is 8.17. The van der Waals surface area contributed by atoms with Gasteiger partial charge in [-0.1, -0.05) is 30.3 Å². The molecule has 4 aromatic rings. The summed E-state index contributed by atoms with van der Waals surface area (Å²) >= 11 is 0. The number of rotatable bonds is 4. The van der Waals surface area contributed by atoms with Gasteiger partial charge in [0.2, 0.25) is 11.9 Å². The van der Waals surface area contributed by atoms with Gasteiger partial charge >= 0.3 is 0 Å². The average Bonchev–Trinajstić information content (AvgIpc) is 3.22. The topological polar surface area (TPSA) is 87.9 Å². The molecular weight excluding hydrogens is 405 g/mol. The molecule has 32 heavy (non-hydrogen) atoms. The number of benzene rings is 2. The van der Waals surface area contributed by atoms with E-state index in [2.05, 4.69) is 15.0 Å². The van der Waals surface area contributed by atoms with Crippen molar-refractivity contribution in [2.45, 2.75) is 31.7 Å². The molecule has 0 spiro atoms. The highest BCUT2D eigenvalue weighted by molar-refractivity contribution is 5.89. The highest BCUT2D eigenvalue weighted by Gasteiger charge is 2.31. The number of nitrogens with one attached hydrogen (secondary N) is 1. The first-order valence-electron chi connectivity index (χ1n) is 10.8. The molecule has 1 fully saturated rings. The molecule has 0 aliphatic carbocycles. The second kappa shape index (κ2) is 8.42. The van der Waals surface area contributed by atoms with E-state index in [1.54, 1.807) is 18.3 Å². The second-order valence-corrected chi connectivity index (χ2v) is 8.17. The number of nitrogens with two attached hydrogens (primary N) is 1. The molecule has 0 unspecified atom stereocenters. The number of nitrogens with zero attached hydrogens (tertiary/aromatic N) is 3. The Kier molecular flexibility index (Phi) is 5.31. The zero-order chi connectivity index (χ0) is 22.1. The molecule has 0 bridgehead atoms. The molecule has 1 aliphatic rings. The van der Waals surface area contributed by atoms with E-state index in [4.69, 9.17) is 5.73 Å². The minimum absolute atomic E-state index is 0.0571. The monoisotopic (exact) mass is 429 g/mol. The van der Waals surface area contributed by atoms with Crippen molar-refractivity contribution in [1.82, 2.24) is 19.9 Å². The van der Waals surface area contributed by atoms with Crippen LogP contribution in [0.5, 0.6) is 0 Å². The van der Waals surface area contributed by atoms with Gasteiger partial charge in [0, 0.05) is 35.4 Å². The van der Waals surface area contributed by atoms with Crippen LogP contribution in [-0.4, -0.2) is 32.3 Å². The molecule has 1 aliphatic heterocycles. The van der Waals surface area contributed by atoms with E-state index in [1.807, 2.05) is 35.4 Å². The summed E-state index contributed by atoms with van der Waals surface area (Å²) in [4.78, 5) is 27.3. The Morgan fingerprint density at radius 3 is 2.81 bits per heavy atom. The van der Waals surface area contributed by atoms with E-state index in [9.17, 15) is 9.18 Å². The van der Waals surface area contributed by atoms with Gasteiger partial charge in [-0.3, -0.25) is 4.79 Å². The van der Waals surface area contributed by atoms with Crippen LogP contribution in [0.25, 0.3) is 22.0 Å². The van der Waals surface area contributed by atoms with Crippen molar-refractivity contribution in [3.63, 3.8) is 0 Å². The minimum atomic E-state index is -0.306. The Morgan fingerprint density at radius 2 is 1.97 bits per heavy atom. The number of fused-ring (bicyclic) bond motifs is 1. The number of aromatic nitrogens is 3. The van der Waals surface area contributed by atoms with Gasteiger partial charge in [-0.05, 0) is 48.6 Å². The third kappa shape index (κ3) is 3.82. The lowest BCUT2D eigenvalue weighted by molar-refractivity contribution is -0.134. The summed E-state index contributed by atoms with van der Waals surface area (Å²) in [6.45, 7) is 0.665. The standard InChI is InChI=1S/C25H24FN5O/c26-18-10-8-16(9-11-18)20-15-29-25(27)30-24(20)22-7-3-4-12-31(22)23(32)13-17-14-28-21-6-2-1-5-19(17)21/h1-2,5-6,8-11,14-15,22,28H,3-4,7,12-13H2,(H2,27,29,30)/t22-/m1/s1. The zero-order valence-corrected chi connectivity index (χ0v) is 17.6. The number of H-pyrrole nitrogens is 1. The maximum atomic E-state index is 13.5. The summed E-state index contributed by atoms with van der Waals surface area (Å²) in [6.07, 6.45) is 6.63. The smallest absolute Gasteiger partial charge is 0.227 e. The predicted octanol–water partition coefficient (Wildman–Crippen LogP) is 4.64. The van der Waals surface area contributed by atoms with Crippen molar-refractivity contribution in [2.24, 2.45) is 0 Å². The molecule has 1 saturated heterocycles. The van der Waals surface area contributed by atoms with E-state index >= 15 is 0 Å². The summed E-state index contributed by atoms with van der Waals surface area (Å²) in [6, 6.07) is 14.0. The zero-order valence-electron chi connectivity index (χ0n) is 17.6. The SMILES string of the molecule is Nc1ncc(-c2ccc(F)cc2)c([C@H]2CCCCN2C(=O)Cc2c[nH]c3ccccc23)n1. The van der Waals surface area contributed by atoms with Crippen molar-refractivity contribution < 1.29 is 9.18 Å². The van der Waals surface area contributed by atoms with Crippen molar-refractivity contribution in [1.29, 1.82) is 0 Å². The van der Waals surface area contributed by atoms with Crippen molar-refractivity contribution in [3.8, 4) is 11.1 Å². The normalized spacial score (nSPS) is 16.4. The third-order valence-electron chi connectivity index (χ3n) is 6.15. The summed E-state index contributed by atoms with van der Waals surface area (Å²) in [5.74, 6) is -0.0815. The Balaban J connectivity index is 1.49. The lowest BCUT2D eigenvalue weighted by atomic mass is 9.93. The maximum Gasteiger partial charge on any atom is 0.227 e. The van der Waals surface area contributed by atoms with Gasteiger partial charge in [0.05, 0.1) is 18.2 Å². The Labute approximate surface area is 185 Å². The molecule has 5 rings (SSSR count). The Bertz CT molecular complexity index is 1270. The van der Waals surface area contributed by atoms with Gasteiger partial charge in [-0.25, -0.2) is 14.4 Å². The summed E-state index contributed by atoms with van der Waals surface area (Å²) in [5, 5.41) is 1.06. The van der Waals surface area contributed by atoms with Crippen LogP contribution in [-0.2, 0) is 11.2 Å². The quantitative estimate of drug-likeness (QED) is 0.495. The first kappa shape index (κ1) is 20.2. The molecular formula is C25H24FN5O. The van der Waals surface area contributed by atoms with E-state index in [0.717, 1.165) is 52.5 Å². The van der Waals surface area contributed by atoms with E-state index in [-0.39, 0.29) is 23.7 Å². The number of likely N-dealkylation sites (tertiary alicyclic amines) is 1. The van der Waals surface area contributed by atoms with E-state index in [0.29, 0.717) is 13.0 Å². The van der Waals surface area contributed by atoms with Gasteiger partial charge in [0.1, 0.15) is 5.82 Å². The van der Waals surface area contributed by atoms with Crippen LogP contribution in [0.2, 0.25) is 0 Å². The number of carbonyl (C=O) groups excluding carboxylic acids is 1. The molecule has 1 atom stereocenters. The van der Waals surface area contributed by atoms with Gasteiger partial charge in [-0.2, -0.15) is 0 Å². The lowest BCUT2D eigenvalue weighted by Gasteiger charge is -2.36. The average molecular weight is 429 g/mol. The number of carbonyl (C=O) groups is 1. The van der Waals surface area contributed by atoms with Crippen LogP contribution in [0.3, 0.4) is 0 Å². The number of hydrogen-bond acceptors (Lipinski definition) is 4. The van der Waals surface area contributed by atoms with Crippen molar-refractivity contribution >= 4 is 22.8 Å². The van der Waals surface area contributed by atoms with Crippen LogP contribution < -0.4 is 5.73 Å². The Hall–Kier alpha value is -3.74. The summed E-state index contributed by atoms with van der Waals surface area (Å²) in [7, 11) is 0. The maximum absolute atomic E-state index is 13.5. The van der Waals surface area contributed by atoms with Crippen LogP contribution in [0.1, 0.15) is 36.6 Å². The number of aromatic amines is 1.